The van der Waals surface area contributed by atoms with E-state index < -0.39 is 10.9 Å². The highest BCUT2D eigenvalue weighted by Crippen LogP contribution is 2.23. The van der Waals surface area contributed by atoms with E-state index in [2.05, 4.69) is 4.98 Å². The Morgan fingerprint density at radius 2 is 2.10 bits per heavy atom. The third-order valence-corrected chi connectivity index (χ3v) is 2.81. The second kappa shape index (κ2) is 5.66. The number of aryl methyl sites for hydroxylation is 1. The van der Waals surface area contributed by atoms with E-state index in [1.165, 1.54) is 18.3 Å². The number of halogens is 1. The van der Waals surface area contributed by atoms with Crippen LogP contribution < -0.4 is 4.74 Å². The fraction of sp³-hybridized carbons (Fsp3) is 0.0769. The van der Waals surface area contributed by atoms with Crippen LogP contribution in [-0.4, -0.2) is 15.9 Å². The molecule has 0 bridgehead atoms. The lowest BCUT2D eigenvalue weighted by Gasteiger charge is -2.05. The molecule has 0 atom stereocenters. The first-order valence-electron chi connectivity index (χ1n) is 5.56. The fourth-order valence-electron chi connectivity index (χ4n) is 1.46. The third-order valence-electron chi connectivity index (χ3n) is 2.48. The molecule has 102 valence electrons. The van der Waals surface area contributed by atoms with E-state index >= 15 is 0 Å². The monoisotopic (exact) mass is 292 g/mol. The Kier molecular flexibility index (Phi) is 3.95. The lowest BCUT2D eigenvalue weighted by atomic mass is 10.2. The van der Waals surface area contributed by atoms with Gasteiger partial charge < -0.3 is 4.74 Å². The van der Waals surface area contributed by atoms with Crippen molar-refractivity contribution >= 4 is 23.3 Å². The molecular formula is C13H9ClN2O4. The molecule has 1 heterocycles. The lowest BCUT2D eigenvalue weighted by molar-refractivity contribution is -0.384. The van der Waals surface area contributed by atoms with Gasteiger partial charge in [-0.3, -0.25) is 15.1 Å². The highest BCUT2D eigenvalue weighted by molar-refractivity contribution is 6.33. The van der Waals surface area contributed by atoms with Crippen LogP contribution in [0.1, 0.15) is 16.1 Å². The van der Waals surface area contributed by atoms with Crippen molar-refractivity contribution in [3.05, 3.63) is 62.9 Å². The molecule has 0 unspecified atom stereocenters. The first-order chi connectivity index (χ1) is 9.47. The molecule has 0 radical (unpaired) electrons. The van der Waals surface area contributed by atoms with E-state index in [9.17, 15) is 14.9 Å². The number of rotatable bonds is 3. The number of hydrogen-bond acceptors (Lipinski definition) is 5. The number of ether oxygens (including phenoxy) is 1. The van der Waals surface area contributed by atoms with Crippen LogP contribution in [0.4, 0.5) is 5.69 Å². The molecule has 2 aromatic rings. The standard InChI is InChI=1S/C13H9ClN2O4/c1-8-2-4-10(7-15-8)20-13(17)11-6-9(16(18)19)3-5-12(11)14/h2-7H,1H3. The molecule has 0 saturated heterocycles. The summed E-state index contributed by atoms with van der Waals surface area (Å²) in [5.41, 5.74) is 0.475. The molecule has 2 rings (SSSR count). The number of carbonyl (C=O) groups excluding carboxylic acids is 1. The van der Waals surface area contributed by atoms with Crippen LogP contribution in [0.15, 0.2) is 36.5 Å². The zero-order valence-corrected chi connectivity index (χ0v) is 11.1. The lowest BCUT2D eigenvalue weighted by Crippen LogP contribution is -2.10. The highest BCUT2D eigenvalue weighted by Gasteiger charge is 2.17. The summed E-state index contributed by atoms with van der Waals surface area (Å²) in [5, 5.41) is 10.8. The van der Waals surface area contributed by atoms with Crippen LogP contribution in [0.25, 0.3) is 0 Å². The molecule has 20 heavy (non-hydrogen) atoms. The van der Waals surface area contributed by atoms with E-state index in [-0.39, 0.29) is 22.0 Å². The zero-order chi connectivity index (χ0) is 14.7. The number of nitrogens with zero attached hydrogens (tertiary/aromatic N) is 2. The number of esters is 1. The third kappa shape index (κ3) is 3.10. The summed E-state index contributed by atoms with van der Waals surface area (Å²) in [5.74, 6) is -0.535. The number of aromatic nitrogens is 1. The van der Waals surface area contributed by atoms with Gasteiger partial charge in [-0.25, -0.2) is 4.79 Å². The van der Waals surface area contributed by atoms with Gasteiger partial charge in [-0.2, -0.15) is 0 Å². The Labute approximate surface area is 119 Å². The van der Waals surface area contributed by atoms with Crippen molar-refractivity contribution in [3.63, 3.8) is 0 Å². The van der Waals surface area contributed by atoms with Gasteiger partial charge in [0.15, 0.2) is 0 Å². The molecule has 0 fully saturated rings. The Hall–Kier alpha value is -2.47. The maximum atomic E-state index is 11.9. The molecule has 0 aliphatic rings. The quantitative estimate of drug-likeness (QED) is 0.493. The van der Waals surface area contributed by atoms with Gasteiger partial charge >= 0.3 is 5.97 Å². The maximum absolute atomic E-state index is 11.9. The van der Waals surface area contributed by atoms with Gasteiger partial charge in [-0.1, -0.05) is 11.6 Å². The second-order valence-electron chi connectivity index (χ2n) is 3.95. The average Bonchev–Trinajstić information content (AvgIpc) is 2.41. The first-order valence-corrected chi connectivity index (χ1v) is 5.94. The van der Waals surface area contributed by atoms with Gasteiger partial charge in [0.25, 0.3) is 5.69 Å². The minimum absolute atomic E-state index is 0.0681. The number of hydrogen-bond donors (Lipinski definition) is 0. The van der Waals surface area contributed by atoms with E-state index in [1.54, 1.807) is 19.1 Å². The van der Waals surface area contributed by atoms with E-state index in [0.717, 1.165) is 11.8 Å². The number of nitro benzene ring substituents is 1. The van der Waals surface area contributed by atoms with Crippen LogP contribution in [0, 0.1) is 17.0 Å². The van der Waals surface area contributed by atoms with Crippen LogP contribution in [0.2, 0.25) is 5.02 Å². The van der Waals surface area contributed by atoms with Gasteiger partial charge in [0.2, 0.25) is 0 Å². The van der Waals surface area contributed by atoms with Crippen molar-refractivity contribution in [2.75, 3.05) is 0 Å². The Morgan fingerprint density at radius 1 is 1.35 bits per heavy atom. The summed E-state index contributed by atoms with van der Waals surface area (Å²) in [4.78, 5) is 26.0. The number of non-ortho nitro benzene ring substituents is 1. The number of nitro groups is 1. The zero-order valence-electron chi connectivity index (χ0n) is 10.4. The van der Waals surface area contributed by atoms with Crippen molar-refractivity contribution in [2.24, 2.45) is 0 Å². The molecule has 0 amide bonds. The summed E-state index contributed by atoms with van der Waals surface area (Å²) in [6, 6.07) is 6.83. The Bertz CT molecular complexity index is 671. The number of pyridine rings is 1. The molecule has 0 aliphatic heterocycles. The van der Waals surface area contributed by atoms with Crippen molar-refractivity contribution in [3.8, 4) is 5.75 Å². The molecule has 0 N–H and O–H groups in total. The first kappa shape index (κ1) is 14.0. The van der Waals surface area contributed by atoms with Gasteiger partial charge in [0.1, 0.15) is 5.75 Å². The highest BCUT2D eigenvalue weighted by atomic mass is 35.5. The second-order valence-corrected chi connectivity index (χ2v) is 4.35. The molecule has 0 aliphatic carbocycles. The Morgan fingerprint density at radius 3 is 2.70 bits per heavy atom. The van der Waals surface area contributed by atoms with Gasteiger partial charge in [0, 0.05) is 17.8 Å². The molecule has 0 saturated carbocycles. The van der Waals surface area contributed by atoms with Crippen LogP contribution >= 0.6 is 11.6 Å². The predicted molar refractivity (Wildman–Crippen MR) is 72.0 cm³/mol. The summed E-state index contributed by atoms with van der Waals surface area (Å²) in [6.07, 6.45) is 1.39. The molecule has 6 nitrogen and oxygen atoms in total. The van der Waals surface area contributed by atoms with Gasteiger partial charge in [-0.15, -0.1) is 0 Å². The van der Waals surface area contributed by atoms with Crippen molar-refractivity contribution in [1.29, 1.82) is 0 Å². The summed E-state index contributed by atoms with van der Waals surface area (Å²) >= 11 is 5.85. The average molecular weight is 293 g/mol. The summed E-state index contributed by atoms with van der Waals surface area (Å²) in [6.45, 7) is 1.79. The van der Waals surface area contributed by atoms with Crippen molar-refractivity contribution < 1.29 is 14.5 Å². The number of carbonyl (C=O) groups is 1. The molecule has 1 aromatic carbocycles. The normalized spacial score (nSPS) is 10.1. The Balaban J connectivity index is 2.26. The molecule has 0 spiro atoms. The smallest absolute Gasteiger partial charge is 0.345 e. The fourth-order valence-corrected chi connectivity index (χ4v) is 1.65. The van der Waals surface area contributed by atoms with Crippen LogP contribution in [0.3, 0.4) is 0 Å². The predicted octanol–water partition coefficient (Wildman–Crippen LogP) is 3.17. The molecular weight excluding hydrogens is 284 g/mol. The number of benzene rings is 1. The largest absolute Gasteiger partial charge is 0.421 e. The molecule has 1 aromatic heterocycles. The molecule has 7 heteroatoms. The topological polar surface area (TPSA) is 82.3 Å². The van der Waals surface area contributed by atoms with Crippen LogP contribution in [0.5, 0.6) is 5.75 Å². The van der Waals surface area contributed by atoms with E-state index in [1.807, 2.05) is 0 Å². The van der Waals surface area contributed by atoms with Crippen molar-refractivity contribution in [2.45, 2.75) is 6.92 Å². The summed E-state index contributed by atoms with van der Waals surface area (Å²) in [7, 11) is 0. The summed E-state index contributed by atoms with van der Waals surface area (Å²) < 4.78 is 5.06. The SMILES string of the molecule is Cc1ccc(OC(=O)c2cc([N+](=O)[O-])ccc2Cl)cn1. The maximum Gasteiger partial charge on any atom is 0.345 e. The minimum atomic E-state index is -0.774. The van der Waals surface area contributed by atoms with Crippen LogP contribution in [-0.2, 0) is 0 Å². The van der Waals surface area contributed by atoms with E-state index in [0.29, 0.717) is 0 Å². The minimum Gasteiger partial charge on any atom is -0.421 e. The van der Waals surface area contributed by atoms with Gasteiger partial charge in [-0.05, 0) is 25.1 Å². The van der Waals surface area contributed by atoms with Crippen molar-refractivity contribution in [1.82, 2.24) is 4.98 Å². The van der Waals surface area contributed by atoms with Gasteiger partial charge in [0.05, 0.1) is 21.7 Å². The van der Waals surface area contributed by atoms with E-state index in [4.69, 9.17) is 16.3 Å².